The summed E-state index contributed by atoms with van der Waals surface area (Å²) in [6.07, 6.45) is 5.71. The van der Waals surface area contributed by atoms with Gasteiger partial charge in [0.2, 0.25) is 0 Å². The SMILES string of the molecule is CC(/C=C\c1ccccc1)=C/C(C)=N/Nc1ccc([N+](=O)[O-])cc1[N+](=O)[O-]. The van der Waals surface area contributed by atoms with Crippen molar-refractivity contribution in [3.8, 4) is 0 Å². The fraction of sp³-hybridized carbons (Fsp3) is 0.105. The van der Waals surface area contributed by atoms with E-state index in [1.165, 1.54) is 12.1 Å². The van der Waals surface area contributed by atoms with E-state index in [2.05, 4.69) is 10.5 Å². The average Bonchev–Trinajstić information content (AvgIpc) is 2.65. The van der Waals surface area contributed by atoms with Crippen molar-refractivity contribution in [3.05, 3.63) is 92.0 Å². The maximum absolute atomic E-state index is 11.1. The number of non-ortho nitro benzene ring substituents is 1. The molecule has 2 rings (SSSR count). The van der Waals surface area contributed by atoms with Gasteiger partial charge in [0.15, 0.2) is 0 Å². The van der Waals surface area contributed by atoms with Crippen LogP contribution in [0.5, 0.6) is 0 Å². The molecule has 0 radical (unpaired) electrons. The highest BCUT2D eigenvalue weighted by atomic mass is 16.6. The second-order valence-electron chi connectivity index (χ2n) is 5.71. The first-order valence-corrected chi connectivity index (χ1v) is 8.01. The summed E-state index contributed by atoms with van der Waals surface area (Å²) in [6.45, 7) is 3.65. The van der Waals surface area contributed by atoms with Crippen molar-refractivity contribution in [2.24, 2.45) is 5.10 Å². The van der Waals surface area contributed by atoms with Crippen LogP contribution in [0.1, 0.15) is 19.4 Å². The number of benzene rings is 2. The lowest BCUT2D eigenvalue weighted by molar-refractivity contribution is -0.393. The maximum Gasteiger partial charge on any atom is 0.301 e. The lowest BCUT2D eigenvalue weighted by atomic mass is 10.1. The highest BCUT2D eigenvalue weighted by Crippen LogP contribution is 2.28. The zero-order chi connectivity index (χ0) is 19.8. The first-order valence-electron chi connectivity index (χ1n) is 8.01. The fourth-order valence-electron chi connectivity index (χ4n) is 2.23. The van der Waals surface area contributed by atoms with Crippen LogP contribution in [0.2, 0.25) is 0 Å². The highest BCUT2D eigenvalue weighted by molar-refractivity contribution is 5.94. The van der Waals surface area contributed by atoms with Crippen molar-refractivity contribution in [1.29, 1.82) is 0 Å². The molecule has 0 atom stereocenters. The number of anilines is 1. The Bertz CT molecular complexity index is 934. The van der Waals surface area contributed by atoms with Crippen molar-refractivity contribution >= 4 is 28.8 Å². The minimum Gasteiger partial charge on any atom is -0.271 e. The van der Waals surface area contributed by atoms with E-state index < -0.39 is 15.5 Å². The first kappa shape index (κ1) is 19.5. The summed E-state index contributed by atoms with van der Waals surface area (Å²) in [7, 11) is 0. The standard InChI is InChI=1S/C19H18N4O4/c1-14(8-9-16-6-4-3-5-7-16)12-15(2)20-21-18-11-10-17(22(24)25)13-19(18)23(26)27/h3-13,21H,1-2H3/b9-8-,14-12-,20-15+. The summed E-state index contributed by atoms with van der Waals surface area (Å²) in [5.41, 5.74) is 4.52. The number of nitrogens with zero attached hydrogens (tertiary/aromatic N) is 3. The average molecular weight is 366 g/mol. The summed E-state index contributed by atoms with van der Waals surface area (Å²) < 4.78 is 0. The van der Waals surface area contributed by atoms with Gasteiger partial charge in [0, 0.05) is 6.07 Å². The third kappa shape index (κ3) is 5.89. The van der Waals surface area contributed by atoms with Gasteiger partial charge in [-0.05, 0) is 37.1 Å². The predicted molar refractivity (Wildman–Crippen MR) is 106 cm³/mol. The zero-order valence-corrected chi connectivity index (χ0v) is 14.8. The van der Waals surface area contributed by atoms with E-state index in [9.17, 15) is 20.2 Å². The number of allylic oxidation sites excluding steroid dienone is 3. The van der Waals surface area contributed by atoms with Crippen LogP contribution in [0.3, 0.4) is 0 Å². The fourth-order valence-corrected chi connectivity index (χ4v) is 2.23. The van der Waals surface area contributed by atoms with Gasteiger partial charge in [-0.1, -0.05) is 42.5 Å². The largest absolute Gasteiger partial charge is 0.301 e. The van der Waals surface area contributed by atoms with E-state index in [1.807, 2.05) is 55.5 Å². The Morgan fingerprint density at radius 1 is 1.04 bits per heavy atom. The lowest BCUT2D eigenvalue weighted by Gasteiger charge is -2.03. The molecule has 0 amide bonds. The van der Waals surface area contributed by atoms with Gasteiger partial charge in [-0.2, -0.15) is 5.10 Å². The molecule has 0 aromatic heterocycles. The van der Waals surface area contributed by atoms with E-state index in [-0.39, 0.29) is 11.4 Å². The van der Waals surface area contributed by atoms with E-state index in [0.717, 1.165) is 17.2 Å². The van der Waals surface area contributed by atoms with Crippen LogP contribution in [-0.4, -0.2) is 15.6 Å². The third-order valence-electron chi connectivity index (χ3n) is 3.52. The lowest BCUT2D eigenvalue weighted by Crippen LogP contribution is -2.00. The van der Waals surface area contributed by atoms with Crippen LogP contribution in [-0.2, 0) is 0 Å². The second kappa shape index (κ2) is 9.04. The Morgan fingerprint density at radius 2 is 1.74 bits per heavy atom. The van der Waals surface area contributed by atoms with Crippen LogP contribution in [0.4, 0.5) is 17.1 Å². The maximum atomic E-state index is 11.1. The molecule has 0 spiro atoms. The molecule has 0 heterocycles. The van der Waals surface area contributed by atoms with Crippen molar-refractivity contribution in [3.63, 3.8) is 0 Å². The molecule has 0 saturated carbocycles. The molecule has 27 heavy (non-hydrogen) atoms. The van der Waals surface area contributed by atoms with Crippen LogP contribution < -0.4 is 5.43 Å². The summed E-state index contributed by atoms with van der Waals surface area (Å²) in [4.78, 5) is 20.5. The molecule has 138 valence electrons. The van der Waals surface area contributed by atoms with Crippen LogP contribution >= 0.6 is 0 Å². The molecule has 0 bridgehead atoms. The quantitative estimate of drug-likeness (QED) is 0.322. The second-order valence-corrected chi connectivity index (χ2v) is 5.71. The zero-order valence-electron chi connectivity index (χ0n) is 14.8. The summed E-state index contributed by atoms with van der Waals surface area (Å²) in [6, 6.07) is 13.2. The Hall–Kier alpha value is -3.81. The molecule has 2 aromatic rings. The molecule has 1 N–H and O–H groups in total. The topological polar surface area (TPSA) is 111 Å². The van der Waals surface area contributed by atoms with Gasteiger partial charge in [-0.3, -0.25) is 25.7 Å². The highest BCUT2D eigenvalue weighted by Gasteiger charge is 2.19. The molecular weight excluding hydrogens is 348 g/mol. The van der Waals surface area contributed by atoms with E-state index in [4.69, 9.17) is 0 Å². The Labute approximate surface area is 155 Å². The van der Waals surface area contributed by atoms with Gasteiger partial charge in [-0.25, -0.2) is 0 Å². The Balaban J connectivity index is 2.13. The van der Waals surface area contributed by atoms with Crippen molar-refractivity contribution in [2.45, 2.75) is 13.8 Å². The van der Waals surface area contributed by atoms with E-state index in [0.29, 0.717) is 5.71 Å². The predicted octanol–water partition coefficient (Wildman–Crippen LogP) is 4.95. The van der Waals surface area contributed by atoms with Gasteiger partial charge in [0.05, 0.1) is 21.6 Å². The summed E-state index contributed by atoms with van der Waals surface area (Å²) >= 11 is 0. The van der Waals surface area contributed by atoms with Gasteiger partial charge < -0.3 is 0 Å². The van der Waals surface area contributed by atoms with Crippen molar-refractivity contribution in [1.82, 2.24) is 0 Å². The molecule has 0 aliphatic carbocycles. The number of hydrogen-bond donors (Lipinski definition) is 1. The number of hydrogen-bond acceptors (Lipinski definition) is 6. The van der Waals surface area contributed by atoms with Gasteiger partial charge in [0.1, 0.15) is 5.69 Å². The first-order chi connectivity index (χ1) is 12.9. The molecule has 0 aliphatic rings. The summed E-state index contributed by atoms with van der Waals surface area (Å²) in [5, 5.41) is 26.0. The Kier molecular flexibility index (Phi) is 6.54. The van der Waals surface area contributed by atoms with Crippen molar-refractivity contribution in [2.75, 3.05) is 5.43 Å². The molecule has 2 aromatic carbocycles. The molecule has 8 heteroatoms. The molecular formula is C19H18N4O4. The van der Waals surface area contributed by atoms with Crippen LogP contribution in [0.15, 0.2) is 71.4 Å². The van der Waals surface area contributed by atoms with E-state index in [1.54, 1.807) is 6.92 Å². The number of rotatable bonds is 7. The van der Waals surface area contributed by atoms with Crippen molar-refractivity contribution < 1.29 is 9.85 Å². The molecule has 0 fully saturated rings. The van der Waals surface area contributed by atoms with E-state index >= 15 is 0 Å². The number of nitrogens with one attached hydrogen (secondary N) is 1. The number of nitro groups is 2. The molecule has 0 saturated heterocycles. The third-order valence-corrected chi connectivity index (χ3v) is 3.52. The normalized spacial score (nSPS) is 12.2. The smallest absolute Gasteiger partial charge is 0.271 e. The number of hydrazone groups is 1. The Morgan fingerprint density at radius 3 is 2.37 bits per heavy atom. The van der Waals surface area contributed by atoms with Gasteiger partial charge in [-0.15, -0.1) is 0 Å². The molecule has 8 nitrogen and oxygen atoms in total. The number of nitro benzene ring substituents is 2. The monoisotopic (exact) mass is 366 g/mol. The summed E-state index contributed by atoms with van der Waals surface area (Å²) in [5.74, 6) is 0. The minimum absolute atomic E-state index is 0.0795. The van der Waals surface area contributed by atoms with Gasteiger partial charge >= 0.3 is 5.69 Å². The molecule has 0 unspecified atom stereocenters. The molecule has 0 aliphatic heterocycles. The minimum atomic E-state index is -0.691. The van der Waals surface area contributed by atoms with Gasteiger partial charge in [0.25, 0.3) is 5.69 Å². The van der Waals surface area contributed by atoms with Crippen LogP contribution in [0.25, 0.3) is 6.08 Å². The van der Waals surface area contributed by atoms with Crippen LogP contribution in [0, 0.1) is 20.2 Å².